The van der Waals surface area contributed by atoms with Crippen LogP contribution in [0.5, 0.6) is 0 Å². The van der Waals surface area contributed by atoms with E-state index in [9.17, 15) is 9.90 Å². The molecule has 1 aromatic carbocycles. The molecule has 33 heavy (non-hydrogen) atoms. The summed E-state index contributed by atoms with van der Waals surface area (Å²) in [5, 5.41) is 10.2. The maximum atomic E-state index is 11.3. The Morgan fingerprint density at radius 2 is 1.94 bits per heavy atom. The largest absolute Gasteiger partial charge is 0.481 e. The lowest BCUT2D eigenvalue weighted by Gasteiger charge is -2.38. The number of hydrogen-bond donors (Lipinski definition) is 3. The topological polar surface area (TPSA) is 77.0 Å². The lowest BCUT2D eigenvalue weighted by Crippen LogP contribution is -2.41. The second kappa shape index (κ2) is 10.3. The molecule has 1 aliphatic heterocycles. The van der Waals surface area contributed by atoms with Gasteiger partial charge in [0.1, 0.15) is 0 Å². The number of nitrogens with one attached hydrogen (secondary N) is 2. The van der Waals surface area contributed by atoms with E-state index in [2.05, 4.69) is 54.7 Å². The molecule has 0 aromatic heterocycles. The predicted octanol–water partition coefficient (Wildman–Crippen LogP) is 6.01. The van der Waals surface area contributed by atoms with Gasteiger partial charge in [0.15, 0.2) is 5.17 Å². The van der Waals surface area contributed by atoms with Crippen LogP contribution in [-0.2, 0) is 4.79 Å². The van der Waals surface area contributed by atoms with Crippen molar-refractivity contribution in [3.63, 3.8) is 0 Å². The molecule has 3 fully saturated rings. The molecule has 1 unspecified atom stereocenters. The Kier molecular flexibility index (Phi) is 7.59. The summed E-state index contributed by atoms with van der Waals surface area (Å²) in [5.74, 6) is 0.420. The molecule has 2 saturated carbocycles. The third-order valence-electron chi connectivity index (χ3n) is 7.24. The average Bonchev–Trinajstić information content (AvgIpc) is 3.57. The van der Waals surface area contributed by atoms with Crippen LogP contribution in [0.1, 0.15) is 90.5 Å². The van der Waals surface area contributed by atoms with E-state index in [4.69, 9.17) is 4.99 Å². The summed E-state index contributed by atoms with van der Waals surface area (Å²) in [6.07, 6.45) is 9.03. The van der Waals surface area contributed by atoms with Crippen LogP contribution >= 0.6 is 11.8 Å². The summed E-state index contributed by atoms with van der Waals surface area (Å²) < 4.78 is 0. The van der Waals surface area contributed by atoms with Gasteiger partial charge in [-0.15, -0.1) is 0 Å². The molecule has 3 N–H and O–H groups in total. The number of carbonyl (C=O) groups is 1. The smallest absolute Gasteiger partial charge is 0.303 e. The Hall–Kier alpha value is -1.73. The molecule has 1 heterocycles. The fourth-order valence-electron chi connectivity index (χ4n) is 5.20. The molecule has 0 radical (unpaired) electrons. The van der Waals surface area contributed by atoms with Gasteiger partial charge in [0.05, 0.1) is 22.7 Å². The van der Waals surface area contributed by atoms with E-state index in [1.807, 2.05) is 6.92 Å². The van der Waals surface area contributed by atoms with E-state index >= 15 is 0 Å². The van der Waals surface area contributed by atoms with Gasteiger partial charge < -0.3 is 10.0 Å². The second-order valence-electron chi connectivity index (χ2n) is 10.7. The Balaban J connectivity index is 1.69. The highest BCUT2D eigenvalue weighted by atomic mass is 32.2. The Bertz CT molecular complexity index is 879. The number of amidine groups is 1. The van der Waals surface area contributed by atoms with Gasteiger partial charge in [0, 0.05) is 12.6 Å². The maximum absolute atomic E-state index is 11.3. The fourth-order valence-corrected chi connectivity index (χ4v) is 6.35. The van der Waals surface area contributed by atoms with Crippen molar-refractivity contribution >= 4 is 34.3 Å². The molecule has 4 rings (SSSR count). The first-order valence-corrected chi connectivity index (χ1v) is 13.5. The van der Waals surface area contributed by atoms with Crippen molar-refractivity contribution in [3.8, 4) is 0 Å². The molecule has 1 aromatic rings. The molecule has 0 spiro atoms. The number of anilines is 1. The number of benzene rings is 1. The quantitative estimate of drug-likeness (QED) is 0.408. The zero-order chi connectivity index (χ0) is 23.6. The van der Waals surface area contributed by atoms with E-state index < -0.39 is 5.97 Å². The summed E-state index contributed by atoms with van der Waals surface area (Å²) >= 11 is 1.79. The van der Waals surface area contributed by atoms with Crippen LogP contribution in [0.15, 0.2) is 23.2 Å². The van der Waals surface area contributed by atoms with Crippen LogP contribution in [-0.4, -0.2) is 33.7 Å². The highest BCUT2D eigenvalue weighted by Crippen LogP contribution is 2.48. The number of hydrazine groups is 1. The predicted molar refractivity (Wildman–Crippen MR) is 138 cm³/mol. The SMILES string of the molecule is CC(C)CN(c1ccc([C@H](C)CC(=O)O)cc1N=C1NNC(C)(C2CC2)S1)C1CCCCC1. The van der Waals surface area contributed by atoms with E-state index in [1.54, 1.807) is 11.8 Å². The van der Waals surface area contributed by atoms with Crippen molar-refractivity contribution in [1.29, 1.82) is 0 Å². The molecule has 3 aliphatic rings. The zero-order valence-corrected chi connectivity index (χ0v) is 21.4. The van der Waals surface area contributed by atoms with Crippen molar-refractivity contribution in [2.24, 2.45) is 16.8 Å². The first kappa shape index (κ1) is 24.4. The molecular formula is C26H40N4O2S. The summed E-state index contributed by atoms with van der Waals surface area (Å²) in [6, 6.07) is 6.98. The minimum Gasteiger partial charge on any atom is -0.481 e. The molecule has 0 amide bonds. The zero-order valence-electron chi connectivity index (χ0n) is 20.6. The Morgan fingerprint density at radius 3 is 2.58 bits per heavy atom. The van der Waals surface area contributed by atoms with Crippen molar-refractivity contribution < 1.29 is 9.90 Å². The fraction of sp³-hybridized carbons (Fsp3) is 0.692. The highest BCUT2D eigenvalue weighted by Gasteiger charge is 2.46. The minimum atomic E-state index is -0.763. The number of carboxylic acids is 1. The van der Waals surface area contributed by atoms with E-state index in [0.29, 0.717) is 17.9 Å². The molecule has 2 atom stereocenters. The number of thioether (sulfide) groups is 1. The van der Waals surface area contributed by atoms with Crippen LogP contribution in [0.2, 0.25) is 0 Å². The van der Waals surface area contributed by atoms with Gasteiger partial charge in [-0.3, -0.25) is 10.2 Å². The molecular weight excluding hydrogens is 432 g/mol. The van der Waals surface area contributed by atoms with Crippen molar-refractivity contribution in [2.45, 2.75) is 95.9 Å². The van der Waals surface area contributed by atoms with Crippen LogP contribution in [0.25, 0.3) is 0 Å². The summed E-state index contributed by atoms with van der Waals surface area (Å²) in [7, 11) is 0. The minimum absolute atomic E-state index is 0.00576. The molecule has 6 nitrogen and oxygen atoms in total. The van der Waals surface area contributed by atoms with Crippen LogP contribution in [0.3, 0.4) is 0 Å². The van der Waals surface area contributed by atoms with E-state index in [1.165, 1.54) is 50.6 Å². The molecule has 2 aliphatic carbocycles. The normalized spacial score (nSPS) is 25.9. The second-order valence-corrected chi connectivity index (χ2v) is 12.2. The Labute approximate surface area is 203 Å². The number of carboxylic acid groups (broad SMARTS) is 1. The van der Waals surface area contributed by atoms with Gasteiger partial charge in [-0.2, -0.15) is 0 Å². The lowest BCUT2D eigenvalue weighted by atomic mass is 9.92. The Morgan fingerprint density at radius 1 is 1.21 bits per heavy atom. The van der Waals surface area contributed by atoms with Gasteiger partial charge >= 0.3 is 5.97 Å². The van der Waals surface area contributed by atoms with Gasteiger partial charge in [0.2, 0.25) is 0 Å². The molecule has 0 bridgehead atoms. The number of aliphatic imine (C=N–C) groups is 1. The monoisotopic (exact) mass is 472 g/mol. The number of nitrogens with zero attached hydrogens (tertiary/aromatic N) is 2. The van der Waals surface area contributed by atoms with Gasteiger partial charge in [-0.05, 0) is 68.1 Å². The number of aliphatic carboxylic acids is 1. The standard InChI is InChI=1S/C26H40N4O2S/c1-17(2)16-30(21-8-6-5-7-9-21)23-13-10-19(18(3)14-24(31)32)15-22(23)27-25-28-29-26(4,33-25)20-11-12-20/h10,13,15,17-18,20-21,29H,5-9,11-12,14,16H2,1-4H3,(H,27,28)(H,31,32)/t18-,26?/m1/s1. The third kappa shape index (κ3) is 6.04. The number of hydrogen-bond acceptors (Lipinski definition) is 5. The maximum Gasteiger partial charge on any atom is 0.303 e. The van der Waals surface area contributed by atoms with Crippen LogP contribution in [0.4, 0.5) is 11.4 Å². The van der Waals surface area contributed by atoms with Gasteiger partial charge in [-0.1, -0.05) is 57.9 Å². The molecule has 182 valence electrons. The van der Waals surface area contributed by atoms with E-state index in [-0.39, 0.29) is 17.2 Å². The van der Waals surface area contributed by atoms with Gasteiger partial charge in [0.25, 0.3) is 0 Å². The first-order valence-electron chi connectivity index (χ1n) is 12.7. The summed E-state index contributed by atoms with van der Waals surface area (Å²) in [5.41, 5.74) is 9.96. The lowest BCUT2D eigenvalue weighted by molar-refractivity contribution is -0.137. The van der Waals surface area contributed by atoms with Crippen molar-refractivity contribution in [3.05, 3.63) is 23.8 Å². The van der Waals surface area contributed by atoms with Crippen LogP contribution < -0.4 is 15.8 Å². The summed E-state index contributed by atoms with van der Waals surface area (Å²) in [4.78, 5) is 19.0. The van der Waals surface area contributed by atoms with Crippen molar-refractivity contribution in [1.82, 2.24) is 10.9 Å². The molecule has 7 heteroatoms. The summed E-state index contributed by atoms with van der Waals surface area (Å²) in [6.45, 7) is 9.81. The number of rotatable bonds is 9. The average molecular weight is 473 g/mol. The highest BCUT2D eigenvalue weighted by molar-refractivity contribution is 8.15. The first-order chi connectivity index (χ1) is 15.7. The van der Waals surface area contributed by atoms with Crippen LogP contribution in [0, 0.1) is 11.8 Å². The van der Waals surface area contributed by atoms with Gasteiger partial charge in [-0.25, -0.2) is 10.4 Å². The van der Waals surface area contributed by atoms with E-state index in [0.717, 1.165) is 23.0 Å². The third-order valence-corrected chi connectivity index (χ3v) is 8.49. The van der Waals surface area contributed by atoms with Crippen molar-refractivity contribution in [2.75, 3.05) is 11.4 Å². The molecule has 1 saturated heterocycles.